The largest absolute Gasteiger partial charge is 0.465 e. The zero-order chi connectivity index (χ0) is 14.6. The molecule has 1 amide bonds. The van der Waals surface area contributed by atoms with Gasteiger partial charge in [-0.15, -0.1) is 0 Å². The summed E-state index contributed by atoms with van der Waals surface area (Å²) < 4.78 is 4.65. The summed E-state index contributed by atoms with van der Waals surface area (Å²) in [5.41, 5.74) is 5.35. The molecule has 0 spiro atoms. The number of hydrogen-bond acceptors (Lipinski definition) is 4. The Morgan fingerprint density at radius 2 is 2.05 bits per heavy atom. The van der Waals surface area contributed by atoms with Crippen LogP contribution in [0, 0.1) is 5.41 Å². The summed E-state index contributed by atoms with van der Waals surface area (Å²) in [6.07, 6.45) is 0. The van der Waals surface area contributed by atoms with Crippen LogP contribution in [-0.2, 0) is 9.53 Å². The predicted octanol–water partition coefficient (Wildman–Crippen LogP) is 2.05. The monoisotopic (exact) mass is 284 g/mol. The van der Waals surface area contributed by atoms with Crippen LogP contribution in [0.4, 0.5) is 5.69 Å². The van der Waals surface area contributed by atoms with Crippen LogP contribution in [-0.4, -0.2) is 25.5 Å². The molecule has 0 bridgehead atoms. The Labute approximate surface area is 117 Å². The minimum Gasteiger partial charge on any atom is -0.465 e. The van der Waals surface area contributed by atoms with E-state index in [4.69, 9.17) is 17.3 Å². The highest BCUT2D eigenvalue weighted by atomic mass is 35.5. The molecule has 0 fully saturated rings. The van der Waals surface area contributed by atoms with E-state index in [0.717, 1.165) is 0 Å². The van der Waals surface area contributed by atoms with Crippen LogP contribution in [0.25, 0.3) is 0 Å². The zero-order valence-electron chi connectivity index (χ0n) is 11.1. The molecule has 5 nitrogen and oxygen atoms in total. The predicted molar refractivity (Wildman–Crippen MR) is 74.3 cm³/mol. The van der Waals surface area contributed by atoms with Crippen molar-refractivity contribution >= 4 is 29.2 Å². The summed E-state index contributed by atoms with van der Waals surface area (Å²) in [5.74, 6) is -0.833. The molecular weight excluding hydrogens is 268 g/mol. The number of nitrogens with one attached hydrogen (secondary N) is 1. The van der Waals surface area contributed by atoms with Crippen LogP contribution in [0.5, 0.6) is 0 Å². The molecule has 3 N–H and O–H groups in total. The maximum atomic E-state index is 12.1. The van der Waals surface area contributed by atoms with Gasteiger partial charge in [-0.2, -0.15) is 0 Å². The van der Waals surface area contributed by atoms with E-state index < -0.39 is 11.4 Å². The quantitative estimate of drug-likeness (QED) is 0.829. The van der Waals surface area contributed by atoms with E-state index in [1.807, 2.05) is 0 Å². The Kier molecular flexibility index (Phi) is 4.91. The molecule has 6 heteroatoms. The Morgan fingerprint density at radius 1 is 1.42 bits per heavy atom. The third kappa shape index (κ3) is 3.68. The second kappa shape index (κ2) is 6.04. The highest BCUT2D eigenvalue weighted by molar-refractivity contribution is 6.31. The van der Waals surface area contributed by atoms with Gasteiger partial charge in [0.2, 0.25) is 5.91 Å². The fourth-order valence-corrected chi connectivity index (χ4v) is 1.46. The molecule has 0 radical (unpaired) electrons. The number of carbonyl (C=O) groups is 2. The number of hydrogen-bond donors (Lipinski definition) is 2. The number of methoxy groups -OCH3 is 1. The van der Waals surface area contributed by atoms with Gasteiger partial charge in [0.05, 0.1) is 23.8 Å². The van der Waals surface area contributed by atoms with E-state index >= 15 is 0 Å². The van der Waals surface area contributed by atoms with Crippen molar-refractivity contribution in [3.63, 3.8) is 0 Å². The Morgan fingerprint density at radius 3 is 2.58 bits per heavy atom. The van der Waals surface area contributed by atoms with E-state index in [2.05, 4.69) is 10.1 Å². The third-order valence-corrected chi connectivity index (χ3v) is 3.00. The Bertz CT molecular complexity index is 501. The second-order valence-electron chi connectivity index (χ2n) is 4.72. The highest BCUT2D eigenvalue weighted by Gasteiger charge is 2.27. The summed E-state index contributed by atoms with van der Waals surface area (Å²) in [7, 11) is 1.27. The molecule has 104 valence electrons. The van der Waals surface area contributed by atoms with Crippen LogP contribution in [0.15, 0.2) is 18.2 Å². The van der Waals surface area contributed by atoms with Gasteiger partial charge in [-0.25, -0.2) is 4.79 Å². The molecule has 0 saturated carbocycles. The normalized spacial score (nSPS) is 11.0. The molecule has 0 aliphatic rings. The minimum atomic E-state index is -0.740. The lowest BCUT2D eigenvalue weighted by atomic mass is 9.92. The van der Waals surface area contributed by atoms with Crippen LogP contribution in [0.3, 0.4) is 0 Å². The summed E-state index contributed by atoms with van der Waals surface area (Å²) in [6, 6.07) is 4.55. The lowest BCUT2D eigenvalue weighted by Crippen LogP contribution is -2.37. The molecule has 1 aromatic rings. The first-order valence-electron chi connectivity index (χ1n) is 5.71. The molecule has 1 aromatic carbocycles. The average Bonchev–Trinajstić information content (AvgIpc) is 2.38. The number of carbonyl (C=O) groups excluding carboxylic acids is 2. The number of amides is 1. The molecule has 1 rings (SSSR count). The van der Waals surface area contributed by atoms with Crippen molar-refractivity contribution in [2.24, 2.45) is 11.1 Å². The van der Waals surface area contributed by atoms with Crippen molar-refractivity contribution < 1.29 is 14.3 Å². The van der Waals surface area contributed by atoms with E-state index in [9.17, 15) is 9.59 Å². The van der Waals surface area contributed by atoms with Gasteiger partial charge in [0.25, 0.3) is 0 Å². The average molecular weight is 285 g/mol. The van der Waals surface area contributed by atoms with Crippen LogP contribution in [0.2, 0.25) is 5.02 Å². The Hall–Kier alpha value is -1.59. The van der Waals surface area contributed by atoms with Crippen molar-refractivity contribution in [3.8, 4) is 0 Å². The number of halogens is 1. The molecule has 0 atom stereocenters. The smallest absolute Gasteiger partial charge is 0.339 e. The lowest BCUT2D eigenvalue weighted by molar-refractivity contribution is -0.123. The fourth-order valence-electron chi connectivity index (χ4n) is 1.29. The maximum Gasteiger partial charge on any atom is 0.339 e. The summed E-state index contributed by atoms with van der Waals surface area (Å²) in [5, 5.41) is 3.06. The van der Waals surface area contributed by atoms with Gasteiger partial charge >= 0.3 is 5.97 Å². The van der Waals surface area contributed by atoms with Gasteiger partial charge in [-0.3, -0.25) is 4.79 Å². The van der Waals surface area contributed by atoms with Crippen molar-refractivity contribution in [3.05, 3.63) is 28.8 Å². The standard InChI is InChI=1S/C13H17ClN2O3/c1-13(2,7-15)12(18)16-10-6-8(14)4-5-9(10)11(17)19-3/h4-6H,7,15H2,1-3H3,(H,16,18). The van der Waals surface area contributed by atoms with E-state index in [1.165, 1.54) is 19.2 Å². The molecule has 0 saturated heterocycles. The van der Waals surface area contributed by atoms with E-state index in [0.29, 0.717) is 10.7 Å². The van der Waals surface area contributed by atoms with Crippen molar-refractivity contribution in [2.45, 2.75) is 13.8 Å². The van der Waals surface area contributed by atoms with Gasteiger partial charge in [-0.05, 0) is 32.0 Å². The molecule has 0 aliphatic carbocycles. The number of rotatable bonds is 4. The van der Waals surface area contributed by atoms with Crippen LogP contribution >= 0.6 is 11.6 Å². The molecule has 0 heterocycles. The van der Waals surface area contributed by atoms with Gasteiger partial charge in [0, 0.05) is 11.6 Å². The maximum absolute atomic E-state index is 12.1. The minimum absolute atomic E-state index is 0.187. The first-order valence-corrected chi connectivity index (χ1v) is 6.09. The summed E-state index contributed by atoms with van der Waals surface area (Å²) in [4.78, 5) is 23.7. The zero-order valence-corrected chi connectivity index (χ0v) is 11.9. The molecule has 0 aromatic heterocycles. The molecule has 0 aliphatic heterocycles. The van der Waals surface area contributed by atoms with Crippen LogP contribution in [0.1, 0.15) is 24.2 Å². The third-order valence-electron chi connectivity index (χ3n) is 2.76. The summed E-state index contributed by atoms with van der Waals surface area (Å²) in [6.45, 7) is 3.61. The summed E-state index contributed by atoms with van der Waals surface area (Å²) >= 11 is 5.87. The SMILES string of the molecule is COC(=O)c1ccc(Cl)cc1NC(=O)C(C)(C)CN. The number of benzene rings is 1. The number of ether oxygens (including phenoxy) is 1. The van der Waals surface area contributed by atoms with Crippen molar-refractivity contribution in [1.82, 2.24) is 0 Å². The topological polar surface area (TPSA) is 81.4 Å². The van der Waals surface area contributed by atoms with E-state index in [-0.39, 0.29) is 18.0 Å². The lowest BCUT2D eigenvalue weighted by Gasteiger charge is -2.22. The number of esters is 1. The molecular formula is C13H17ClN2O3. The number of nitrogens with two attached hydrogens (primary N) is 1. The van der Waals surface area contributed by atoms with E-state index in [1.54, 1.807) is 19.9 Å². The Balaban J connectivity index is 3.09. The number of anilines is 1. The second-order valence-corrected chi connectivity index (χ2v) is 5.16. The highest BCUT2D eigenvalue weighted by Crippen LogP contribution is 2.24. The van der Waals surface area contributed by atoms with Gasteiger partial charge in [-0.1, -0.05) is 11.6 Å². The van der Waals surface area contributed by atoms with Gasteiger partial charge in [0.15, 0.2) is 0 Å². The van der Waals surface area contributed by atoms with Gasteiger partial charge in [0.1, 0.15) is 0 Å². The van der Waals surface area contributed by atoms with Crippen molar-refractivity contribution in [1.29, 1.82) is 0 Å². The molecule has 19 heavy (non-hydrogen) atoms. The first-order chi connectivity index (χ1) is 8.81. The van der Waals surface area contributed by atoms with Crippen molar-refractivity contribution in [2.75, 3.05) is 19.0 Å². The van der Waals surface area contributed by atoms with Crippen LogP contribution < -0.4 is 11.1 Å². The van der Waals surface area contributed by atoms with Gasteiger partial charge < -0.3 is 15.8 Å². The first kappa shape index (κ1) is 15.5. The molecule has 0 unspecified atom stereocenters. The fraction of sp³-hybridized carbons (Fsp3) is 0.385.